The van der Waals surface area contributed by atoms with E-state index in [0.29, 0.717) is 19.5 Å². The molecule has 1 aliphatic rings. The largest absolute Gasteiger partial charge is 0.279 e. The highest BCUT2D eigenvalue weighted by Crippen LogP contribution is 2.13. The number of alkyl halides is 1. The lowest BCUT2D eigenvalue weighted by Crippen LogP contribution is -2.43. The van der Waals surface area contributed by atoms with Crippen LogP contribution < -0.4 is 4.72 Å². The molecule has 4 nitrogen and oxygen atoms in total. The summed E-state index contributed by atoms with van der Waals surface area (Å²) in [6.07, 6.45) is 2.57. The maximum absolute atomic E-state index is 11.8. The summed E-state index contributed by atoms with van der Waals surface area (Å²) in [5.74, 6) is 0. The van der Waals surface area contributed by atoms with Crippen LogP contribution in [0.25, 0.3) is 0 Å². The number of hydrogen-bond acceptors (Lipinski definition) is 2. The number of rotatable bonds is 5. The van der Waals surface area contributed by atoms with Crippen LogP contribution in [-0.4, -0.2) is 37.2 Å². The van der Waals surface area contributed by atoms with E-state index in [2.05, 4.69) is 4.72 Å². The molecule has 15 heavy (non-hydrogen) atoms. The van der Waals surface area contributed by atoms with Crippen LogP contribution in [0, 0.1) is 0 Å². The molecule has 6 heteroatoms. The molecule has 0 saturated carbocycles. The molecule has 90 valence electrons. The Kier molecular flexibility index (Phi) is 4.83. The molecule has 1 heterocycles. The van der Waals surface area contributed by atoms with Crippen molar-refractivity contribution in [1.29, 1.82) is 0 Å². The van der Waals surface area contributed by atoms with Crippen LogP contribution in [0.5, 0.6) is 0 Å². The van der Waals surface area contributed by atoms with Gasteiger partial charge in [0.15, 0.2) is 0 Å². The Hall–Kier alpha value is 0.160. The van der Waals surface area contributed by atoms with E-state index in [1.165, 1.54) is 4.31 Å². The monoisotopic (exact) mass is 254 g/mol. The molecule has 1 aliphatic heterocycles. The predicted molar refractivity (Wildman–Crippen MR) is 62.3 cm³/mol. The quantitative estimate of drug-likeness (QED) is 0.753. The maximum atomic E-state index is 11.8. The molecule has 0 aliphatic carbocycles. The SMILES string of the molecule is CC(Cl)CC(C)NS(=O)(=O)N1CCCC1. The van der Waals surface area contributed by atoms with Gasteiger partial charge < -0.3 is 0 Å². The molecule has 2 atom stereocenters. The summed E-state index contributed by atoms with van der Waals surface area (Å²) in [7, 11) is -3.28. The van der Waals surface area contributed by atoms with Crippen LogP contribution in [-0.2, 0) is 10.2 Å². The van der Waals surface area contributed by atoms with E-state index in [1.807, 2.05) is 13.8 Å². The van der Waals surface area contributed by atoms with Crippen molar-refractivity contribution < 1.29 is 8.42 Å². The first-order chi connectivity index (χ1) is 6.92. The molecular formula is C9H19ClN2O2S. The van der Waals surface area contributed by atoms with Crippen LogP contribution in [0.2, 0.25) is 0 Å². The average Bonchev–Trinajstić information content (AvgIpc) is 2.51. The minimum Gasteiger partial charge on any atom is -0.199 e. The highest BCUT2D eigenvalue weighted by Gasteiger charge is 2.26. The van der Waals surface area contributed by atoms with Gasteiger partial charge in [0, 0.05) is 24.5 Å². The van der Waals surface area contributed by atoms with Crippen molar-refractivity contribution >= 4 is 21.8 Å². The maximum Gasteiger partial charge on any atom is 0.279 e. The Balaban J connectivity index is 2.48. The fourth-order valence-electron chi connectivity index (χ4n) is 1.79. The summed E-state index contributed by atoms with van der Waals surface area (Å²) in [6, 6.07) is -0.108. The lowest BCUT2D eigenvalue weighted by molar-refractivity contribution is 0.451. The second-order valence-electron chi connectivity index (χ2n) is 4.15. The fraction of sp³-hybridized carbons (Fsp3) is 1.00. The van der Waals surface area contributed by atoms with Crippen molar-refractivity contribution in [3.05, 3.63) is 0 Å². The number of nitrogens with one attached hydrogen (secondary N) is 1. The molecular weight excluding hydrogens is 236 g/mol. The van der Waals surface area contributed by atoms with Crippen molar-refractivity contribution in [2.45, 2.75) is 44.5 Å². The van der Waals surface area contributed by atoms with Gasteiger partial charge in [-0.3, -0.25) is 0 Å². The molecule has 1 fully saturated rings. The Morgan fingerprint density at radius 2 is 1.87 bits per heavy atom. The van der Waals surface area contributed by atoms with Crippen LogP contribution in [0.15, 0.2) is 0 Å². The van der Waals surface area contributed by atoms with Crippen LogP contribution in [0.4, 0.5) is 0 Å². The second kappa shape index (κ2) is 5.48. The molecule has 2 unspecified atom stereocenters. The van der Waals surface area contributed by atoms with Gasteiger partial charge in [-0.15, -0.1) is 11.6 Å². The zero-order chi connectivity index (χ0) is 11.5. The van der Waals surface area contributed by atoms with Gasteiger partial charge in [0.05, 0.1) is 0 Å². The van der Waals surface area contributed by atoms with E-state index in [4.69, 9.17) is 11.6 Å². The lowest BCUT2D eigenvalue weighted by Gasteiger charge is -2.20. The van der Waals surface area contributed by atoms with E-state index >= 15 is 0 Å². The summed E-state index contributed by atoms with van der Waals surface area (Å²) >= 11 is 5.81. The Morgan fingerprint density at radius 1 is 1.33 bits per heavy atom. The Morgan fingerprint density at radius 3 is 2.33 bits per heavy atom. The van der Waals surface area contributed by atoms with Gasteiger partial charge in [0.1, 0.15) is 0 Å². The molecule has 0 spiro atoms. The summed E-state index contributed by atoms with van der Waals surface area (Å²) in [5.41, 5.74) is 0. The van der Waals surface area contributed by atoms with Gasteiger partial charge in [-0.25, -0.2) is 0 Å². The van der Waals surface area contributed by atoms with Gasteiger partial charge >= 0.3 is 0 Å². The van der Waals surface area contributed by atoms with Crippen molar-refractivity contribution in [1.82, 2.24) is 9.03 Å². The van der Waals surface area contributed by atoms with E-state index in [0.717, 1.165) is 12.8 Å². The van der Waals surface area contributed by atoms with E-state index in [1.54, 1.807) is 0 Å². The number of halogens is 1. The molecule has 0 radical (unpaired) electrons. The average molecular weight is 255 g/mol. The van der Waals surface area contributed by atoms with E-state index in [-0.39, 0.29) is 11.4 Å². The third-order valence-electron chi connectivity index (χ3n) is 2.43. The fourth-order valence-corrected chi connectivity index (χ4v) is 3.55. The smallest absolute Gasteiger partial charge is 0.199 e. The molecule has 0 amide bonds. The van der Waals surface area contributed by atoms with Crippen molar-refractivity contribution in [2.24, 2.45) is 0 Å². The molecule has 1 saturated heterocycles. The summed E-state index contributed by atoms with van der Waals surface area (Å²) in [4.78, 5) is 0. The summed E-state index contributed by atoms with van der Waals surface area (Å²) < 4.78 is 27.7. The standard InChI is InChI=1S/C9H19ClN2O2S/c1-8(10)7-9(2)11-15(13,14)12-5-3-4-6-12/h8-9,11H,3-7H2,1-2H3. The zero-order valence-corrected chi connectivity index (χ0v) is 10.8. The van der Waals surface area contributed by atoms with Gasteiger partial charge in [-0.1, -0.05) is 0 Å². The predicted octanol–water partition coefficient (Wildman–Crippen LogP) is 1.32. The van der Waals surface area contributed by atoms with Gasteiger partial charge in [-0.2, -0.15) is 17.4 Å². The van der Waals surface area contributed by atoms with Gasteiger partial charge in [0.25, 0.3) is 10.2 Å². The minimum absolute atomic E-state index is 0.0127. The van der Waals surface area contributed by atoms with E-state index in [9.17, 15) is 8.42 Å². The molecule has 0 bridgehead atoms. The first kappa shape index (κ1) is 13.2. The second-order valence-corrected chi connectivity index (χ2v) is 6.59. The third kappa shape index (κ3) is 4.26. The topological polar surface area (TPSA) is 49.4 Å². The highest BCUT2D eigenvalue weighted by atomic mass is 35.5. The summed E-state index contributed by atoms with van der Waals surface area (Å²) in [6.45, 7) is 4.98. The Labute approximate surface area is 97.2 Å². The molecule has 0 aromatic carbocycles. The van der Waals surface area contributed by atoms with Crippen LogP contribution in [0.1, 0.15) is 33.1 Å². The molecule has 0 aromatic heterocycles. The molecule has 0 aromatic rings. The number of nitrogens with zero attached hydrogens (tertiary/aromatic N) is 1. The van der Waals surface area contributed by atoms with Crippen molar-refractivity contribution in [3.8, 4) is 0 Å². The first-order valence-electron chi connectivity index (χ1n) is 5.33. The normalized spacial score (nSPS) is 22.9. The number of hydrogen-bond donors (Lipinski definition) is 1. The Bertz CT molecular complexity index is 286. The first-order valence-corrected chi connectivity index (χ1v) is 7.21. The van der Waals surface area contributed by atoms with Gasteiger partial charge in [0.2, 0.25) is 0 Å². The minimum atomic E-state index is -3.28. The van der Waals surface area contributed by atoms with Crippen molar-refractivity contribution in [2.75, 3.05) is 13.1 Å². The van der Waals surface area contributed by atoms with Gasteiger partial charge in [-0.05, 0) is 33.1 Å². The van der Waals surface area contributed by atoms with Crippen LogP contribution in [0.3, 0.4) is 0 Å². The molecule has 1 N–H and O–H groups in total. The lowest BCUT2D eigenvalue weighted by atomic mass is 10.2. The van der Waals surface area contributed by atoms with E-state index < -0.39 is 10.2 Å². The third-order valence-corrected chi connectivity index (χ3v) is 4.36. The molecule has 1 rings (SSSR count). The highest BCUT2D eigenvalue weighted by molar-refractivity contribution is 7.87. The van der Waals surface area contributed by atoms with Crippen molar-refractivity contribution in [3.63, 3.8) is 0 Å². The summed E-state index contributed by atoms with van der Waals surface area (Å²) in [5, 5.41) is -0.0127. The van der Waals surface area contributed by atoms with Crippen LogP contribution >= 0.6 is 11.6 Å². The zero-order valence-electron chi connectivity index (χ0n) is 9.24.